The second kappa shape index (κ2) is 8.57. The van der Waals surface area contributed by atoms with Crippen molar-refractivity contribution in [2.24, 2.45) is 0 Å². The van der Waals surface area contributed by atoms with Crippen molar-refractivity contribution in [3.05, 3.63) is 127 Å². The fourth-order valence-corrected chi connectivity index (χ4v) is 5.43. The van der Waals surface area contributed by atoms with Crippen molar-refractivity contribution in [1.29, 1.82) is 0 Å². The molecule has 5 nitrogen and oxygen atoms in total. The predicted octanol–water partition coefficient (Wildman–Crippen LogP) is 8.93. The summed E-state index contributed by atoms with van der Waals surface area (Å²) in [5.74, 6) is 1.72. The number of nitrogens with zero attached hydrogens (tertiary/aromatic N) is 3. The van der Waals surface area contributed by atoms with Crippen molar-refractivity contribution in [3.63, 3.8) is 0 Å². The van der Waals surface area contributed by atoms with E-state index in [4.69, 9.17) is 19.1 Å². The van der Waals surface area contributed by atoms with E-state index in [1.807, 2.05) is 66.7 Å². The second-order valence-corrected chi connectivity index (χ2v) is 9.45. The first-order valence-corrected chi connectivity index (χ1v) is 12.8. The van der Waals surface area contributed by atoms with Crippen molar-refractivity contribution >= 4 is 43.7 Å². The van der Waals surface area contributed by atoms with Crippen LogP contribution in [0.3, 0.4) is 0 Å². The van der Waals surface area contributed by atoms with Gasteiger partial charge in [-0.1, -0.05) is 78.9 Å². The Hall–Kier alpha value is -5.42. The zero-order valence-electron chi connectivity index (χ0n) is 20.8. The average molecular weight is 504 g/mol. The zero-order valence-corrected chi connectivity index (χ0v) is 20.8. The molecule has 4 heterocycles. The minimum atomic E-state index is 0.465. The summed E-state index contributed by atoms with van der Waals surface area (Å²) >= 11 is 0. The first-order chi connectivity index (χ1) is 19.3. The summed E-state index contributed by atoms with van der Waals surface area (Å²) in [5.41, 5.74) is 5.56. The van der Waals surface area contributed by atoms with Gasteiger partial charge in [0.2, 0.25) is 11.8 Å². The molecule has 0 bridgehead atoms. The number of fused-ring (bicyclic) bond motifs is 6. The van der Waals surface area contributed by atoms with Crippen LogP contribution in [-0.4, -0.2) is 14.5 Å². The van der Waals surface area contributed by atoms with Gasteiger partial charge in [0.05, 0.1) is 16.7 Å². The van der Waals surface area contributed by atoms with Crippen LogP contribution in [0, 0.1) is 0 Å². The van der Waals surface area contributed by atoms with Crippen LogP contribution in [0.5, 0.6) is 11.8 Å². The van der Waals surface area contributed by atoms with Crippen molar-refractivity contribution < 1.29 is 9.15 Å². The highest BCUT2D eigenvalue weighted by Crippen LogP contribution is 2.36. The lowest BCUT2D eigenvalue weighted by Crippen LogP contribution is -1.99. The maximum atomic E-state index is 6.23. The second-order valence-electron chi connectivity index (χ2n) is 9.45. The van der Waals surface area contributed by atoms with E-state index in [-0.39, 0.29) is 0 Å². The van der Waals surface area contributed by atoms with E-state index in [2.05, 4.69) is 65.2 Å². The highest BCUT2D eigenvalue weighted by Gasteiger charge is 2.15. The largest absolute Gasteiger partial charge is 0.455 e. The molecule has 8 aromatic rings. The number of hydrogen-bond acceptors (Lipinski definition) is 4. The molecule has 0 spiro atoms. The molecule has 0 amide bonds. The van der Waals surface area contributed by atoms with Gasteiger partial charge in [-0.3, -0.25) is 4.57 Å². The summed E-state index contributed by atoms with van der Waals surface area (Å²) in [5, 5.41) is 4.54. The van der Waals surface area contributed by atoms with Crippen LogP contribution in [0.15, 0.2) is 132 Å². The van der Waals surface area contributed by atoms with Gasteiger partial charge < -0.3 is 9.15 Å². The molecule has 0 unspecified atom stereocenters. The van der Waals surface area contributed by atoms with Crippen molar-refractivity contribution in [1.82, 2.24) is 14.5 Å². The van der Waals surface area contributed by atoms with Gasteiger partial charge in [-0.25, -0.2) is 4.98 Å². The molecule has 0 aliphatic carbocycles. The van der Waals surface area contributed by atoms with Crippen molar-refractivity contribution in [2.45, 2.75) is 0 Å². The van der Waals surface area contributed by atoms with E-state index in [1.165, 1.54) is 10.8 Å². The topological polar surface area (TPSA) is 53.1 Å². The smallest absolute Gasteiger partial charge is 0.223 e. The number of furan rings is 1. The number of hydrogen-bond donors (Lipinski definition) is 0. The molecular weight excluding hydrogens is 482 g/mol. The summed E-state index contributed by atoms with van der Waals surface area (Å²) < 4.78 is 14.6. The maximum Gasteiger partial charge on any atom is 0.223 e. The van der Waals surface area contributed by atoms with Crippen LogP contribution in [-0.2, 0) is 0 Å². The average Bonchev–Trinajstić information content (AvgIpc) is 3.53. The van der Waals surface area contributed by atoms with Gasteiger partial charge in [0.25, 0.3) is 0 Å². The van der Waals surface area contributed by atoms with E-state index in [0.29, 0.717) is 11.8 Å². The number of para-hydroxylation sites is 4. The Kier molecular flexibility index (Phi) is 4.76. The minimum absolute atomic E-state index is 0.465. The van der Waals surface area contributed by atoms with Crippen LogP contribution in [0.2, 0.25) is 0 Å². The van der Waals surface area contributed by atoms with Gasteiger partial charge in [0.15, 0.2) is 0 Å². The summed E-state index contributed by atoms with van der Waals surface area (Å²) in [6, 6.07) is 42.5. The molecular formula is C34H21N3O2. The molecule has 0 aliphatic rings. The minimum Gasteiger partial charge on any atom is -0.455 e. The van der Waals surface area contributed by atoms with Crippen molar-refractivity contribution in [2.75, 3.05) is 0 Å². The Bertz CT molecular complexity index is 2120. The lowest BCUT2D eigenvalue weighted by molar-refractivity contribution is 0.445. The molecule has 0 saturated carbocycles. The van der Waals surface area contributed by atoms with Gasteiger partial charge in [-0.05, 0) is 36.4 Å². The molecule has 184 valence electrons. The van der Waals surface area contributed by atoms with Gasteiger partial charge in [0.1, 0.15) is 17.0 Å². The van der Waals surface area contributed by atoms with E-state index in [0.717, 1.165) is 50.0 Å². The van der Waals surface area contributed by atoms with E-state index in [1.54, 1.807) is 0 Å². The molecule has 0 fully saturated rings. The summed E-state index contributed by atoms with van der Waals surface area (Å²) in [6.45, 7) is 0. The first-order valence-electron chi connectivity index (χ1n) is 12.8. The van der Waals surface area contributed by atoms with E-state index < -0.39 is 0 Å². The van der Waals surface area contributed by atoms with E-state index in [9.17, 15) is 0 Å². The van der Waals surface area contributed by atoms with Gasteiger partial charge in [-0.15, -0.1) is 0 Å². The Labute approximate surface area is 223 Å². The molecule has 4 aromatic carbocycles. The molecule has 8 rings (SSSR count). The van der Waals surface area contributed by atoms with Crippen LogP contribution >= 0.6 is 0 Å². The fraction of sp³-hybridized carbons (Fsp3) is 0. The third-order valence-corrected chi connectivity index (χ3v) is 7.13. The Morgan fingerprint density at radius 3 is 1.92 bits per heavy atom. The molecule has 0 radical (unpaired) electrons. The quantitative estimate of drug-likeness (QED) is 0.241. The zero-order chi connectivity index (χ0) is 25.8. The third-order valence-electron chi connectivity index (χ3n) is 7.13. The van der Waals surface area contributed by atoms with Crippen LogP contribution in [0.1, 0.15) is 0 Å². The molecule has 0 aliphatic heterocycles. The highest BCUT2D eigenvalue weighted by atomic mass is 16.5. The fourth-order valence-electron chi connectivity index (χ4n) is 5.43. The SMILES string of the molecule is c1cc(Oc2cccc(-n3c4ccccc4c4ccccc43)n2)nc(-c2cccc3c2oc2ccccc23)c1. The molecule has 39 heavy (non-hydrogen) atoms. The molecule has 0 saturated heterocycles. The molecule has 0 N–H and O–H groups in total. The van der Waals surface area contributed by atoms with Crippen LogP contribution in [0.25, 0.3) is 60.8 Å². The highest BCUT2D eigenvalue weighted by molar-refractivity contribution is 6.10. The maximum absolute atomic E-state index is 6.23. The predicted molar refractivity (Wildman–Crippen MR) is 156 cm³/mol. The first kappa shape index (κ1) is 21.6. The number of ether oxygens (including phenoxy) is 1. The van der Waals surface area contributed by atoms with Gasteiger partial charge in [-0.2, -0.15) is 4.98 Å². The van der Waals surface area contributed by atoms with Crippen molar-refractivity contribution in [3.8, 4) is 28.8 Å². The van der Waals surface area contributed by atoms with Gasteiger partial charge in [0, 0.05) is 39.2 Å². The Morgan fingerprint density at radius 1 is 0.513 bits per heavy atom. The van der Waals surface area contributed by atoms with E-state index >= 15 is 0 Å². The Morgan fingerprint density at radius 2 is 1.13 bits per heavy atom. The normalized spacial score (nSPS) is 11.6. The van der Waals surface area contributed by atoms with Crippen LogP contribution < -0.4 is 4.74 Å². The standard InChI is InChI=1S/C34H21N3O2/c1-4-16-28-22(10-1)23-11-2-5-17-29(23)37(28)31-19-9-21-33(36-31)39-32-20-8-15-27(35-32)26-14-7-13-25-24-12-3-6-18-30(24)38-34(25)26/h1-21H. The summed E-state index contributed by atoms with van der Waals surface area (Å²) in [4.78, 5) is 9.70. The van der Waals surface area contributed by atoms with Crippen LogP contribution in [0.4, 0.5) is 0 Å². The number of pyridine rings is 2. The Balaban J connectivity index is 1.19. The van der Waals surface area contributed by atoms with Gasteiger partial charge >= 0.3 is 0 Å². The molecule has 5 heteroatoms. The number of benzene rings is 4. The summed E-state index contributed by atoms with van der Waals surface area (Å²) in [7, 11) is 0. The monoisotopic (exact) mass is 503 g/mol. The molecule has 0 atom stereocenters. The lowest BCUT2D eigenvalue weighted by Gasteiger charge is -2.10. The summed E-state index contributed by atoms with van der Waals surface area (Å²) in [6.07, 6.45) is 0. The third kappa shape index (κ3) is 3.48. The lowest BCUT2D eigenvalue weighted by atomic mass is 10.1. The molecule has 4 aromatic heterocycles. The number of aromatic nitrogens is 3. The number of rotatable bonds is 4.